The predicted molar refractivity (Wildman–Crippen MR) is 78.1 cm³/mol. The number of nitrogens with zero attached hydrogens (tertiary/aromatic N) is 1. The fourth-order valence-corrected chi connectivity index (χ4v) is 2.63. The maximum Gasteiger partial charge on any atom is 0.336 e. The molecule has 0 saturated heterocycles. The number of amides is 1. The molecule has 0 unspecified atom stereocenters. The summed E-state index contributed by atoms with van der Waals surface area (Å²) in [5, 5.41) is 9.24. The van der Waals surface area contributed by atoms with Crippen molar-refractivity contribution >= 4 is 17.6 Å². The van der Waals surface area contributed by atoms with Gasteiger partial charge in [0.2, 0.25) is 5.91 Å². The van der Waals surface area contributed by atoms with Gasteiger partial charge in [0.15, 0.2) is 0 Å². The Bertz CT molecular complexity index is 522. The van der Waals surface area contributed by atoms with Gasteiger partial charge in [-0.1, -0.05) is 19.9 Å². The first-order chi connectivity index (χ1) is 9.50. The third-order valence-corrected chi connectivity index (χ3v) is 3.72. The Morgan fingerprint density at radius 2 is 2.10 bits per heavy atom. The zero-order chi connectivity index (χ0) is 14.7. The zero-order valence-corrected chi connectivity index (χ0v) is 12.1. The standard InChI is InChI=1S/C16H21NO3/c1-11(2)8-9-15(18)17-10-4-6-12-13(16(19)20)5-3-7-14(12)17/h3,5,7,11H,4,6,8-10H2,1-2H3,(H,19,20). The number of fused-ring (bicyclic) bond motifs is 1. The fraction of sp³-hybridized carbons (Fsp3) is 0.500. The molecule has 2 rings (SSSR count). The summed E-state index contributed by atoms with van der Waals surface area (Å²) < 4.78 is 0. The van der Waals surface area contributed by atoms with Gasteiger partial charge < -0.3 is 10.0 Å². The van der Waals surface area contributed by atoms with Crippen molar-refractivity contribution in [1.82, 2.24) is 0 Å². The highest BCUT2D eigenvalue weighted by atomic mass is 16.4. The summed E-state index contributed by atoms with van der Waals surface area (Å²) in [6.07, 6.45) is 2.94. The third kappa shape index (κ3) is 3.00. The highest BCUT2D eigenvalue weighted by molar-refractivity contribution is 5.98. The van der Waals surface area contributed by atoms with Crippen LogP contribution in [0.2, 0.25) is 0 Å². The molecule has 1 aromatic rings. The molecule has 1 N–H and O–H groups in total. The zero-order valence-electron chi connectivity index (χ0n) is 12.1. The molecule has 20 heavy (non-hydrogen) atoms. The molecule has 0 spiro atoms. The number of hydrogen-bond acceptors (Lipinski definition) is 2. The van der Waals surface area contributed by atoms with E-state index in [-0.39, 0.29) is 5.91 Å². The van der Waals surface area contributed by atoms with Crippen molar-refractivity contribution in [2.24, 2.45) is 5.92 Å². The Balaban J connectivity index is 2.26. The van der Waals surface area contributed by atoms with Crippen molar-refractivity contribution < 1.29 is 14.7 Å². The van der Waals surface area contributed by atoms with E-state index in [0.29, 0.717) is 24.4 Å². The molecule has 1 amide bonds. The van der Waals surface area contributed by atoms with Crippen molar-refractivity contribution in [3.05, 3.63) is 29.3 Å². The number of benzene rings is 1. The second-order valence-corrected chi connectivity index (χ2v) is 5.69. The molecule has 4 heteroatoms. The van der Waals surface area contributed by atoms with E-state index in [0.717, 1.165) is 30.5 Å². The molecule has 1 aliphatic rings. The predicted octanol–water partition coefficient (Wildman–Crippen LogP) is 3.10. The molecule has 108 valence electrons. The van der Waals surface area contributed by atoms with Crippen LogP contribution in [0.25, 0.3) is 0 Å². The van der Waals surface area contributed by atoms with Crippen LogP contribution in [0.4, 0.5) is 5.69 Å². The van der Waals surface area contributed by atoms with Gasteiger partial charge in [0, 0.05) is 18.7 Å². The summed E-state index contributed by atoms with van der Waals surface area (Å²) in [7, 11) is 0. The van der Waals surface area contributed by atoms with E-state index in [4.69, 9.17) is 0 Å². The van der Waals surface area contributed by atoms with E-state index in [1.165, 1.54) is 0 Å². The van der Waals surface area contributed by atoms with Crippen LogP contribution in [0, 0.1) is 5.92 Å². The summed E-state index contributed by atoms with van der Waals surface area (Å²) in [4.78, 5) is 25.3. The maximum absolute atomic E-state index is 12.3. The van der Waals surface area contributed by atoms with Crippen molar-refractivity contribution in [3.8, 4) is 0 Å². The van der Waals surface area contributed by atoms with E-state index in [2.05, 4.69) is 13.8 Å². The Morgan fingerprint density at radius 3 is 2.75 bits per heavy atom. The average molecular weight is 275 g/mol. The molecule has 0 bridgehead atoms. The minimum atomic E-state index is -0.918. The normalized spacial score (nSPS) is 14.2. The number of rotatable bonds is 4. The number of aromatic carboxylic acids is 1. The minimum Gasteiger partial charge on any atom is -0.478 e. The van der Waals surface area contributed by atoms with Crippen molar-refractivity contribution in [1.29, 1.82) is 0 Å². The third-order valence-electron chi connectivity index (χ3n) is 3.72. The van der Waals surface area contributed by atoms with Crippen LogP contribution in [0.5, 0.6) is 0 Å². The van der Waals surface area contributed by atoms with Crippen LogP contribution < -0.4 is 4.90 Å². The molecule has 4 nitrogen and oxygen atoms in total. The highest BCUT2D eigenvalue weighted by Crippen LogP contribution is 2.30. The van der Waals surface area contributed by atoms with E-state index in [9.17, 15) is 14.7 Å². The quantitative estimate of drug-likeness (QED) is 0.918. The van der Waals surface area contributed by atoms with Gasteiger partial charge in [-0.25, -0.2) is 4.79 Å². The van der Waals surface area contributed by atoms with Crippen LogP contribution in [0.1, 0.15) is 49.0 Å². The minimum absolute atomic E-state index is 0.0992. The van der Waals surface area contributed by atoms with Gasteiger partial charge in [0.05, 0.1) is 5.56 Å². The van der Waals surface area contributed by atoms with Crippen LogP contribution in [-0.4, -0.2) is 23.5 Å². The number of carboxylic acids is 1. The molecule has 0 aromatic heterocycles. The lowest BCUT2D eigenvalue weighted by Crippen LogP contribution is -2.36. The molecule has 1 aliphatic heterocycles. The van der Waals surface area contributed by atoms with E-state index in [1.54, 1.807) is 17.0 Å². The van der Waals surface area contributed by atoms with Gasteiger partial charge in [0.25, 0.3) is 0 Å². The van der Waals surface area contributed by atoms with Crippen LogP contribution >= 0.6 is 0 Å². The van der Waals surface area contributed by atoms with E-state index >= 15 is 0 Å². The molecule has 0 fully saturated rings. The van der Waals surface area contributed by atoms with Crippen LogP contribution in [0.15, 0.2) is 18.2 Å². The first-order valence-corrected chi connectivity index (χ1v) is 7.16. The maximum atomic E-state index is 12.3. The van der Waals surface area contributed by atoms with Gasteiger partial charge in [0.1, 0.15) is 0 Å². The molecule has 1 heterocycles. The van der Waals surface area contributed by atoms with Gasteiger partial charge in [-0.2, -0.15) is 0 Å². The number of hydrogen-bond donors (Lipinski definition) is 1. The number of carboxylic acid groups (broad SMARTS) is 1. The van der Waals surface area contributed by atoms with E-state index in [1.807, 2.05) is 6.07 Å². The van der Waals surface area contributed by atoms with Crippen molar-refractivity contribution in [2.75, 3.05) is 11.4 Å². The average Bonchev–Trinajstić information content (AvgIpc) is 2.43. The largest absolute Gasteiger partial charge is 0.478 e. The SMILES string of the molecule is CC(C)CCC(=O)N1CCCc2c(C(=O)O)cccc21. The Kier molecular flexibility index (Phi) is 4.42. The molecule has 1 aromatic carbocycles. The molecule has 0 radical (unpaired) electrons. The Morgan fingerprint density at radius 1 is 1.35 bits per heavy atom. The molecular formula is C16H21NO3. The monoisotopic (exact) mass is 275 g/mol. The summed E-state index contributed by atoms with van der Waals surface area (Å²) >= 11 is 0. The topological polar surface area (TPSA) is 57.6 Å². The summed E-state index contributed by atoms with van der Waals surface area (Å²) in [5.41, 5.74) is 1.90. The molecule has 0 aliphatic carbocycles. The van der Waals surface area contributed by atoms with Gasteiger partial charge in [-0.05, 0) is 42.9 Å². The number of carbonyl (C=O) groups excluding carboxylic acids is 1. The fourth-order valence-electron chi connectivity index (χ4n) is 2.63. The van der Waals surface area contributed by atoms with Crippen LogP contribution in [0.3, 0.4) is 0 Å². The Labute approximate surface area is 119 Å². The molecule has 0 atom stereocenters. The second kappa shape index (κ2) is 6.07. The Hall–Kier alpha value is -1.84. The first-order valence-electron chi connectivity index (χ1n) is 7.16. The molecule has 0 saturated carbocycles. The summed E-state index contributed by atoms with van der Waals surface area (Å²) in [6, 6.07) is 5.19. The summed E-state index contributed by atoms with van der Waals surface area (Å²) in [6.45, 7) is 4.88. The molecular weight excluding hydrogens is 254 g/mol. The van der Waals surface area contributed by atoms with Gasteiger partial charge in [-0.15, -0.1) is 0 Å². The number of anilines is 1. The smallest absolute Gasteiger partial charge is 0.336 e. The van der Waals surface area contributed by atoms with E-state index < -0.39 is 5.97 Å². The van der Waals surface area contributed by atoms with Gasteiger partial charge >= 0.3 is 5.97 Å². The van der Waals surface area contributed by atoms with Crippen molar-refractivity contribution in [3.63, 3.8) is 0 Å². The first kappa shape index (κ1) is 14.6. The van der Waals surface area contributed by atoms with Crippen LogP contribution in [-0.2, 0) is 11.2 Å². The second-order valence-electron chi connectivity index (χ2n) is 5.69. The lowest BCUT2D eigenvalue weighted by molar-refractivity contribution is -0.119. The lowest BCUT2D eigenvalue weighted by Gasteiger charge is -2.30. The highest BCUT2D eigenvalue weighted by Gasteiger charge is 2.25. The van der Waals surface area contributed by atoms with Crippen molar-refractivity contribution in [2.45, 2.75) is 39.5 Å². The lowest BCUT2D eigenvalue weighted by atomic mass is 9.95. The number of carbonyl (C=O) groups is 2. The van der Waals surface area contributed by atoms with Gasteiger partial charge in [-0.3, -0.25) is 4.79 Å². The summed E-state index contributed by atoms with van der Waals surface area (Å²) in [5.74, 6) is -0.325.